The van der Waals surface area contributed by atoms with Crippen molar-refractivity contribution in [3.63, 3.8) is 0 Å². The van der Waals surface area contributed by atoms with Crippen molar-refractivity contribution in [3.05, 3.63) is 11.7 Å². The van der Waals surface area contributed by atoms with Gasteiger partial charge in [-0.05, 0) is 19.3 Å². The van der Waals surface area contributed by atoms with Crippen LogP contribution >= 0.6 is 0 Å². The van der Waals surface area contributed by atoms with E-state index >= 15 is 0 Å². The van der Waals surface area contributed by atoms with Gasteiger partial charge in [0, 0.05) is 5.92 Å². The average Bonchev–Trinajstić information content (AvgIpc) is 3.09. The van der Waals surface area contributed by atoms with Gasteiger partial charge in [0.05, 0.1) is 18.7 Å². The Labute approximate surface area is 154 Å². The van der Waals surface area contributed by atoms with Crippen LogP contribution in [0, 0.1) is 5.92 Å². The molecule has 2 rings (SSSR count). The Hall–Kier alpha value is -1.48. The number of nitrogens with zero attached hydrogens (tertiary/aromatic N) is 2. The number of rotatable bonds is 11. The lowest BCUT2D eigenvalue weighted by Gasteiger charge is -2.21. The number of hydrogen-bond donors (Lipinski definition) is 2. The summed E-state index contributed by atoms with van der Waals surface area (Å²) in [5, 5.41) is 12.9. The topological polar surface area (TPSA) is 122 Å². The first-order valence-corrected chi connectivity index (χ1v) is 11.1. The van der Waals surface area contributed by atoms with E-state index in [4.69, 9.17) is 9.63 Å². The Morgan fingerprint density at radius 2 is 2.08 bits per heavy atom. The van der Waals surface area contributed by atoms with Crippen molar-refractivity contribution < 1.29 is 22.8 Å². The van der Waals surface area contributed by atoms with Crippen molar-refractivity contribution >= 4 is 16.0 Å². The Balaban J connectivity index is 1.90. The van der Waals surface area contributed by atoms with Gasteiger partial charge < -0.3 is 9.63 Å². The van der Waals surface area contributed by atoms with Gasteiger partial charge in [0.2, 0.25) is 15.9 Å². The van der Waals surface area contributed by atoms with E-state index in [1.807, 2.05) is 0 Å². The van der Waals surface area contributed by atoms with E-state index in [1.165, 1.54) is 32.1 Å². The second-order valence-corrected chi connectivity index (χ2v) is 9.10. The lowest BCUT2D eigenvalue weighted by Crippen LogP contribution is -2.25. The van der Waals surface area contributed by atoms with Gasteiger partial charge in [0.25, 0.3) is 0 Å². The van der Waals surface area contributed by atoms with Crippen LogP contribution in [-0.4, -0.2) is 35.4 Å². The zero-order chi connectivity index (χ0) is 19.0. The van der Waals surface area contributed by atoms with E-state index < -0.39 is 16.0 Å². The normalized spacial score (nSPS) is 17.3. The highest BCUT2D eigenvalue weighted by molar-refractivity contribution is 7.89. The van der Waals surface area contributed by atoms with Crippen molar-refractivity contribution in [1.29, 1.82) is 0 Å². The summed E-state index contributed by atoms with van der Waals surface area (Å²) in [4.78, 5) is 15.4. The summed E-state index contributed by atoms with van der Waals surface area (Å²) in [6, 6.07) is 0. The fourth-order valence-corrected chi connectivity index (χ4v) is 3.99. The van der Waals surface area contributed by atoms with Gasteiger partial charge in [-0.25, -0.2) is 13.1 Å². The number of carboxylic acids is 1. The van der Waals surface area contributed by atoms with Crippen molar-refractivity contribution in [2.75, 3.05) is 5.75 Å². The van der Waals surface area contributed by atoms with Gasteiger partial charge in [-0.2, -0.15) is 4.98 Å². The van der Waals surface area contributed by atoms with Crippen LogP contribution < -0.4 is 4.72 Å². The molecular weight excluding hydrogens is 358 g/mol. The number of carboxylic acid groups (broad SMARTS) is 1. The third-order valence-electron chi connectivity index (χ3n) is 4.97. The Morgan fingerprint density at radius 3 is 2.73 bits per heavy atom. The quantitative estimate of drug-likeness (QED) is 0.598. The predicted molar refractivity (Wildman–Crippen MR) is 96.0 cm³/mol. The van der Waals surface area contributed by atoms with E-state index in [-0.39, 0.29) is 36.4 Å². The highest BCUT2D eigenvalue weighted by Crippen LogP contribution is 2.31. The average molecular weight is 388 g/mol. The van der Waals surface area contributed by atoms with Crippen LogP contribution in [0.3, 0.4) is 0 Å². The molecule has 1 atom stereocenters. The molecule has 8 nitrogen and oxygen atoms in total. The van der Waals surface area contributed by atoms with E-state index in [2.05, 4.69) is 14.9 Å². The third kappa shape index (κ3) is 7.03. The summed E-state index contributed by atoms with van der Waals surface area (Å²) in [5.41, 5.74) is 0. The molecule has 1 saturated carbocycles. The zero-order valence-electron chi connectivity index (χ0n) is 15.3. The molecule has 2 N–H and O–H groups in total. The second kappa shape index (κ2) is 10.0. The largest absolute Gasteiger partial charge is 0.481 e. The summed E-state index contributed by atoms with van der Waals surface area (Å²) in [7, 11) is -3.34. The molecule has 1 fully saturated rings. The molecule has 0 aliphatic heterocycles. The molecular formula is C17H29N3O5S. The van der Waals surface area contributed by atoms with Gasteiger partial charge >= 0.3 is 5.97 Å². The van der Waals surface area contributed by atoms with E-state index in [9.17, 15) is 13.2 Å². The molecule has 1 aromatic heterocycles. The molecule has 0 unspecified atom stereocenters. The molecule has 0 saturated heterocycles. The van der Waals surface area contributed by atoms with Crippen LogP contribution in [0.4, 0.5) is 0 Å². The van der Waals surface area contributed by atoms with Gasteiger partial charge in [-0.15, -0.1) is 0 Å². The zero-order valence-corrected chi connectivity index (χ0v) is 16.1. The molecule has 0 bridgehead atoms. The standard InChI is InChI=1S/C17H29N3O5S/c1-2-26(23,24)18-12-15-19-17(25-20-15)14(11-16(21)22)10-6-9-13-7-4-3-5-8-13/h13-14,18H,2-12H2,1H3,(H,21,22)/t14-/m0/s1. The monoisotopic (exact) mass is 387 g/mol. The summed E-state index contributed by atoms with van der Waals surface area (Å²) < 4.78 is 30.5. The van der Waals surface area contributed by atoms with Gasteiger partial charge in [-0.1, -0.05) is 50.1 Å². The summed E-state index contributed by atoms with van der Waals surface area (Å²) in [6.07, 6.45) is 9.12. The minimum absolute atomic E-state index is 0.0273. The van der Waals surface area contributed by atoms with Crippen molar-refractivity contribution in [3.8, 4) is 0 Å². The number of aliphatic carboxylic acids is 1. The second-order valence-electron chi connectivity index (χ2n) is 7.00. The van der Waals surface area contributed by atoms with Gasteiger partial charge in [0.1, 0.15) is 0 Å². The molecule has 9 heteroatoms. The lowest BCUT2D eigenvalue weighted by molar-refractivity contribution is -0.137. The van der Waals surface area contributed by atoms with E-state index in [0.29, 0.717) is 6.42 Å². The first kappa shape index (κ1) is 20.8. The van der Waals surface area contributed by atoms with Crippen molar-refractivity contribution in [1.82, 2.24) is 14.9 Å². The Morgan fingerprint density at radius 1 is 1.35 bits per heavy atom. The number of nitrogens with one attached hydrogen (secondary N) is 1. The molecule has 1 aliphatic rings. The highest BCUT2D eigenvalue weighted by Gasteiger charge is 2.23. The molecule has 26 heavy (non-hydrogen) atoms. The molecule has 1 heterocycles. The van der Waals surface area contributed by atoms with E-state index in [0.717, 1.165) is 18.8 Å². The lowest BCUT2D eigenvalue weighted by atomic mass is 9.84. The van der Waals surface area contributed by atoms with Crippen LogP contribution in [0.5, 0.6) is 0 Å². The third-order valence-corrected chi connectivity index (χ3v) is 6.32. The molecule has 0 aromatic carbocycles. The molecule has 148 valence electrons. The molecule has 1 aliphatic carbocycles. The van der Waals surface area contributed by atoms with Crippen LogP contribution in [0.2, 0.25) is 0 Å². The fraction of sp³-hybridized carbons (Fsp3) is 0.824. The molecule has 0 spiro atoms. The number of carbonyl (C=O) groups is 1. The summed E-state index contributed by atoms with van der Waals surface area (Å²) in [6.45, 7) is 1.49. The minimum Gasteiger partial charge on any atom is -0.481 e. The molecule has 1 aromatic rings. The minimum atomic E-state index is -3.34. The Bertz CT molecular complexity index is 668. The maximum Gasteiger partial charge on any atom is 0.304 e. The van der Waals surface area contributed by atoms with Crippen molar-refractivity contribution in [2.24, 2.45) is 5.92 Å². The summed E-state index contributed by atoms with van der Waals surface area (Å²) in [5.74, 6) is -0.0165. The smallest absolute Gasteiger partial charge is 0.304 e. The maximum atomic E-state index is 11.5. The van der Waals surface area contributed by atoms with Crippen LogP contribution in [0.15, 0.2) is 4.52 Å². The number of hydrogen-bond acceptors (Lipinski definition) is 6. The first-order chi connectivity index (χ1) is 12.4. The fourth-order valence-electron chi connectivity index (χ4n) is 3.43. The van der Waals surface area contributed by atoms with Crippen LogP contribution in [-0.2, 0) is 21.4 Å². The number of aromatic nitrogens is 2. The molecule has 0 radical (unpaired) electrons. The van der Waals surface area contributed by atoms with E-state index in [1.54, 1.807) is 6.92 Å². The SMILES string of the molecule is CCS(=O)(=O)NCc1noc([C@@H](CCCC2CCCCC2)CC(=O)O)n1. The Kier molecular flexibility index (Phi) is 8.02. The number of sulfonamides is 1. The summed E-state index contributed by atoms with van der Waals surface area (Å²) >= 11 is 0. The highest BCUT2D eigenvalue weighted by atomic mass is 32.2. The predicted octanol–water partition coefficient (Wildman–Crippen LogP) is 2.82. The molecule has 0 amide bonds. The van der Waals surface area contributed by atoms with Crippen molar-refractivity contribution in [2.45, 2.75) is 77.2 Å². The van der Waals surface area contributed by atoms with Gasteiger partial charge in [0.15, 0.2) is 5.82 Å². The maximum absolute atomic E-state index is 11.5. The van der Waals surface area contributed by atoms with Crippen LogP contribution in [0.1, 0.15) is 82.3 Å². The van der Waals surface area contributed by atoms with Crippen LogP contribution in [0.25, 0.3) is 0 Å². The van der Waals surface area contributed by atoms with Gasteiger partial charge in [-0.3, -0.25) is 4.79 Å². The first-order valence-electron chi connectivity index (χ1n) is 9.41.